The largest absolute Gasteiger partial charge is 0.379 e. The van der Waals surface area contributed by atoms with E-state index in [0.717, 1.165) is 49.3 Å². The lowest BCUT2D eigenvalue weighted by Gasteiger charge is -2.26. The molecule has 130 valence electrons. The third-order valence-corrected chi connectivity index (χ3v) is 4.25. The van der Waals surface area contributed by atoms with Gasteiger partial charge in [-0.2, -0.15) is 4.98 Å². The Hall–Kier alpha value is -2.71. The molecule has 0 bridgehead atoms. The van der Waals surface area contributed by atoms with Gasteiger partial charge < -0.3 is 19.6 Å². The van der Waals surface area contributed by atoms with E-state index in [-0.39, 0.29) is 11.8 Å². The SMILES string of the molecule is O=C(NCCN1CCOCC1)c1nc(-c2ccc3[nH]ccc3c2)no1. The monoisotopic (exact) mass is 341 g/mol. The standard InChI is InChI=1S/C17H19N5O3/c23-16(19-5-6-22-7-9-24-10-8-22)17-20-15(21-25-17)13-1-2-14-12(11-13)3-4-18-14/h1-4,11,18H,5-10H2,(H,19,23). The van der Waals surface area contributed by atoms with Gasteiger partial charge in [0.05, 0.1) is 13.2 Å². The van der Waals surface area contributed by atoms with E-state index in [9.17, 15) is 4.79 Å². The van der Waals surface area contributed by atoms with Crippen molar-refractivity contribution in [1.82, 2.24) is 25.3 Å². The van der Waals surface area contributed by atoms with Crippen LogP contribution in [0, 0.1) is 0 Å². The minimum Gasteiger partial charge on any atom is -0.379 e. The first kappa shape index (κ1) is 15.8. The number of ether oxygens (including phenoxy) is 1. The number of rotatable bonds is 5. The number of carbonyl (C=O) groups excluding carboxylic acids is 1. The van der Waals surface area contributed by atoms with Crippen LogP contribution in [-0.2, 0) is 4.74 Å². The van der Waals surface area contributed by atoms with E-state index < -0.39 is 0 Å². The summed E-state index contributed by atoms with van der Waals surface area (Å²) in [5, 5.41) is 7.78. The van der Waals surface area contributed by atoms with E-state index in [2.05, 4.69) is 25.3 Å². The molecule has 0 saturated carbocycles. The lowest BCUT2D eigenvalue weighted by Crippen LogP contribution is -2.41. The molecule has 25 heavy (non-hydrogen) atoms. The number of hydrogen-bond donors (Lipinski definition) is 2. The van der Waals surface area contributed by atoms with Crippen LogP contribution in [0.25, 0.3) is 22.3 Å². The van der Waals surface area contributed by atoms with Crippen molar-refractivity contribution in [2.75, 3.05) is 39.4 Å². The molecule has 8 nitrogen and oxygen atoms in total. The van der Waals surface area contributed by atoms with E-state index in [1.165, 1.54) is 0 Å². The normalized spacial score (nSPS) is 15.5. The van der Waals surface area contributed by atoms with Crippen molar-refractivity contribution in [3.8, 4) is 11.4 Å². The van der Waals surface area contributed by atoms with Crippen molar-refractivity contribution in [2.45, 2.75) is 0 Å². The number of aromatic amines is 1. The van der Waals surface area contributed by atoms with Crippen LogP contribution < -0.4 is 5.32 Å². The predicted octanol–water partition coefficient (Wildman–Crippen LogP) is 1.28. The molecule has 0 radical (unpaired) electrons. The maximum absolute atomic E-state index is 12.1. The summed E-state index contributed by atoms with van der Waals surface area (Å²) in [5.74, 6) is 0.0299. The molecule has 3 aromatic rings. The summed E-state index contributed by atoms with van der Waals surface area (Å²) < 4.78 is 10.4. The topological polar surface area (TPSA) is 96.3 Å². The molecule has 1 aliphatic heterocycles. The second-order valence-electron chi connectivity index (χ2n) is 5.91. The minimum atomic E-state index is -0.352. The number of nitrogens with one attached hydrogen (secondary N) is 2. The second kappa shape index (κ2) is 7.04. The van der Waals surface area contributed by atoms with Gasteiger partial charge in [-0.15, -0.1) is 0 Å². The van der Waals surface area contributed by atoms with Crippen molar-refractivity contribution in [2.24, 2.45) is 0 Å². The van der Waals surface area contributed by atoms with Gasteiger partial charge in [0, 0.05) is 48.8 Å². The summed E-state index contributed by atoms with van der Waals surface area (Å²) in [5.41, 5.74) is 1.84. The Bertz CT molecular complexity index is 866. The van der Waals surface area contributed by atoms with Crippen molar-refractivity contribution >= 4 is 16.8 Å². The van der Waals surface area contributed by atoms with E-state index in [0.29, 0.717) is 12.4 Å². The number of aromatic nitrogens is 3. The summed E-state index contributed by atoms with van der Waals surface area (Å²) >= 11 is 0. The van der Waals surface area contributed by atoms with Gasteiger partial charge in [0.25, 0.3) is 0 Å². The molecule has 2 N–H and O–H groups in total. The number of benzene rings is 1. The number of hydrogen-bond acceptors (Lipinski definition) is 6. The van der Waals surface area contributed by atoms with Crippen molar-refractivity contribution in [3.63, 3.8) is 0 Å². The molecule has 8 heteroatoms. The molecule has 1 amide bonds. The average Bonchev–Trinajstić information content (AvgIpc) is 3.31. The summed E-state index contributed by atoms with van der Waals surface area (Å²) in [6.45, 7) is 4.58. The highest BCUT2D eigenvalue weighted by atomic mass is 16.5. The first-order valence-corrected chi connectivity index (χ1v) is 8.29. The van der Waals surface area contributed by atoms with Crippen LogP contribution in [0.5, 0.6) is 0 Å². The maximum atomic E-state index is 12.1. The van der Waals surface area contributed by atoms with E-state index in [1.54, 1.807) is 0 Å². The van der Waals surface area contributed by atoms with Gasteiger partial charge >= 0.3 is 11.8 Å². The second-order valence-corrected chi connectivity index (χ2v) is 5.91. The van der Waals surface area contributed by atoms with Gasteiger partial charge in [0.1, 0.15) is 0 Å². The van der Waals surface area contributed by atoms with Crippen LogP contribution in [0.15, 0.2) is 35.0 Å². The van der Waals surface area contributed by atoms with E-state index in [4.69, 9.17) is 9.26 Å². The maximum Gasteiger partial charge on any atom is 0.316 e. The zero-order chi connectivity index (χ0) is 17.1. The molecule has 0 spiro atoms. The van der Waals surface area contributed by atoms with E-state index >= 15 is 0 Å². The Morgan fingerprint density at radius 1 is 1.28 bits per heavy atom. The zero-order valence-electron chi connectivity index (χ0n) is 13.7. The summed E-state index contributed by atoms with van der Waals surface area (Å²) in [4.78, 5) is 21.7. The molecule has 4 rings (SSSR count). The highest BCUT2D eigenvalue weighted by Crippen LogP contribution is 2.21. The minimum absolute atomic E-state index is 0.0221. The summed E-state index contributed by atoms with van der Waals surface area (Å²) in [6.07, 6.45) is 1.87. The molecule has 1 aliphatic rings. The smallest absolute Gasteiger partial charge is 0.316 e. The lowest BCUT2D eigenvalue weighted by molar-refractivity contribution is 0.0382. The molecular formula is C17H19N5O3. The molecule has 1 fully saturated rings. The Labute approximate surface area is 144 Å². The van der Waals surface area contributed by atoms with Gasteiger partial charge in [-0.25, -0.2) is 0 Å². The number of morpholine rings is 1. The molecule has 2 aromatic heterocycles. The Morgan fingerprint density at radius 2 is 2.16 bits per heavy atom. The molecule has 0 aliphatic carbocycles. The summed E-state index contributed by atoms with van der Waals surface area (Å²) in [6, 6.07) is 7.77. The van der Waals surface area contributed by atoms with Gasteiger partial charge in [-0.1, -0.05) is 5.16 Å². The fourth-order valence-electron chi connectivity index (χ4n) is 2.85. The molecule has 0 atom stereocenters. The van der Waals surface area contributed by atoms with Crippen LogP contribution in [0.2, 0.25) is 0 Å². The van der Waals surface area contributed by atoms with Crippen LogP contribution in [0.1, 0.15) is 10.7 Å². The van der Waals surface area contributed by atoms with E-state index in [1.807, 2.05) is 30.5 Å². The van der Waals surface area contributed by atoms with Gasteiger partial charge in [0.2, 0.25) is 5.82 Å². The third kappa shape index (κ3) is 3.54. The fourth-order valence-corrected chi connectivity index (χ4v) is 2.85. The Balaban J connectivity index is 1.37. The molecular weight excluding hydrogens is 322 g/mol. The molecule has 0 unspecified atom stereocenters. The number of H-pyrrole nitrogens is 1. The van der Waals surface area contributed by atoms with Gasteiger partial charge in [0.15, 0.2) is 0 Å². The predicted molar refractivity (Wildman–Crippen MR) is 91.2 cm³/mol. The van der Waals surface area contributed by atoms with Gasteiger partial charge in [-0.3, -0.25) is 9.69 Å². The van der Waals surface area contributed by atoms with Crippen LogP contribution in [-0.4, -0.2) is 65.3 Å². The third-order valence-electron chi connectivity index (χ3n) is 4.25. The Kier molecular flexibility index (Phi) is 4.45. The highest BCUT2D eigenvalue weighted by molar-refractivity contribution is 5.90. The highest BCUT2D eigenvalue weighted by Gasteiger charge is 2.17. The zero-order valence-corrected chi connectivity index (χ0v) is 13.7. The van der Waals surface area contributed by atoms with Crippen LogP contribution >= 0.6 is 0 Å². The number of carbonyl (C=O) groups is 1. The quantitative estimate of drug-likeness (QED) is 0.726. The number of amides is 1. The van der Waals surface area contributed by atoms with Crippen molar-refractivity contribution in [1.29, 1.82) is 0 Å². The Morgan fingerprint density at radius 3 is 3.04 bits per heavy atom. The molecule has 1 aromatic carbocycles. The van der Waals surface area contributed by atoms with Crippen molar-refractivity contribution in [3.05, 3.63) is 36.4 Å². The van der Waals surface area contributed by atoms with Crippen LogP contribution in [0.3, 0.4) is 0 Å². The molecule has 3 heterocycles. The van der Waals surface area contributed by atoms with Gasteiger partial charge in [-0.05, 0) is 24.3 Å². The first-order valence-electron chi connectivity index (χ1n) is 8.29. The lowest BCUT2D eigenvalue weighted by atomic mass is 10.1. The van der Waals surface area contributed by atoms with Crippen molar-refractivity contribution < 1.29 is 14.1 Å². The van der Waals surface area contributed by atoms with Crippen LogP contribution in [0.4, 0.5) is 0 Å². The fraction of sp³-hybridized carbons (Fsp3) is 0.353. The number of nitrogens with zero attached hydrogens (tertiary/aromatic N) is 3. The molecule has 1 saturated heterocycles. The number of fused-ring (bicyclic) bond motifs is 1. The summed E-state index contributed by atoms with van der Waals surface area (Å²) in [7, 11) is 0. The average molecular weight is 341 g/mol. The first-order chi connectivity index (χ1) is 12.3.